The van der Waals surface area contributed by atoms with Crippen molar-refractivity contribution in [1.82, 2.24) is 9.62 Å². The number of nitrogens with one attached hydrogen (secondary N) is 1. The van der Waals surface area contributed by atoms with E-state index >= 15 is 0 Å². The van der Waals surface area contributed by atoms with Gasteiger partial charge in [0.05, 0.1) is 4.90 Å². The lowest BCUT2D eigenvalue weighted by atomic mass is 9.94. The third-order valence-electron chi connectivity index (χ3n) is 5.51. The van der Waals surface area contributed by atoms with Crippen molar-refractivity contribution in [3.63, 3.8) is 0 Å². The Morgan fingerprint density at radius 2 is 1.85 bits per heavy atom. The number of carbonyl (C=O) groups is 1. The number of sulfonamides is 1. The molecule has 1 saturated heterocycles. The zero-order valence-electron chi connectivity index (χ0n) is 15.4. The molecule has 1 aliphatic heterocycles. The van der Waals surface area contributed by atoms with Crippen molar-refractivity contribution in [3.05, 3.63) is 34.9 Å². The zero-order valence-corrected chi connectivity index (χ0v) is 16.2. The van der Waals surface area contributed by atoms with Crippen LogP contribution in [0, 0.1) is 11.8 Å². The third-order valence-corrected chi connectivity index (χ3v) is 7.33. The Hall–Kier alpha value is -1.66. The number of hydrogen-bond acceptors (Lipinski definition) is 3. The predicted molar refractivity (Wildman–Crippen MR) is 101 cm³/mol. The first-order chi connectivity index (χ1) is 12.3. The summed E-state index contributed by atoms with van der Waals surface area (Å²) < 4.78 is 27.8. The molecule has 0 aromatic heterocycles. The molecule has 0 spiro atoms. The van der Waals surface area contributed by atoms with E-state index in [1.54, 1.807) is 16.4 Å². The Labute approximate surface area is 155 Å². The van der Waals surface area contributed by atoms with Gasteiger partial charge in [0, 0.05) is 31.1 Å². The van der Waals surface area contributed by atoms with E-state index in [0.29, 0.717) is 42.3 Å². The van der Waals surface area contributed by atoms with Crippen LogP contribution in [0.2, 0.25) is 0 Å². The summed E-state index contributed by atoms with van der Waals surface area (Å²) in [6.45, 7) is 5.37. The topological polar surface area (TPSA) is 66.5 Å². The molecular formula is C20H26N2O3S. The lowest BCUT2D eigenvalue weighted by molar-refractivity contribution is -0.117. The zero-order chi connectivity index (χ0) is 18.5. The van der Waals surface area contributed by atoms with Crippen molar-refractivity contribution < 1.29 is 13.2 Å². The van der Waals surface area contributed by atoms with Crippen LogP contribution in [0.3, 0.4) is 0 Å². The van der Waals surface area contributed by atoms with E-state index in [4.69, 9.17) is 0 Å². The van der Waals surface area contributed by atoms with Crippen molar-refractivity contribution >= 4 is 22.0 Å². The van der Waals surface area contributed by atoms with Gasteiger partial charge in [-0.3, -0.25) is 4.79 Å². The van der Waals surface area contributed by atoms with Crippen LogP contribution < -0.4 is 5.32 Å². The quantitative estimate of drug-likeness (QED) is 0.881. The lowest BCUT2D eigenvalue weighted by Gasteiger charge is -2.34. The van der Waals surface area contributed by atoms with Crippen molar-refractivity contribution in [2.45, 2.75) is 50.5 Å². The average molecular weight is 375 g/mol. The average Bonchev–Trinajstić information content (AvgIpc) is 3.28. The van der Waals surface area contributed by atoms with E-state index in [-0.39, 0.29) is 5.91 Å². The molecule has 6 heteroatoms. The maximum Gasteiger partial charge on any atom is 0.247 e. The van der Waals surface area contributed by atoms with E-state index in [1.165, 1.54) is 0 Å². The minimum Gasteiger partial charge on any atom is -0.350 e. The van der Waals surface area contributed by atoms with Gasteiger partial charge in [-0.25, -0.2) is 8.42 Å². The van der Waals surface area contributed by atoms with Crippen molar-refractivity contribution in [1.29, 1.82) is 0 Å². The summed E-state index contributed by atoms with van der Waals surface area (Å²) in [5, 5.41) is 3.00. The molecule has 2 atom stereocenters. The number of carbonyl (C=O) groups excluding carboxylic acids is 1. The number of piperidine rings is 1. The van der Waals surface area contributed by atoms with E-state index in [1.807, 2.05) is 12.1 Å². The monoisotopic (exact) mass is 374 g/mol. The molecule has 4 rings (SSSR count). The standard InChI is InChI=1S/C20H26N2O3S/c1-13-7-14(2)12-22(11-13)26(24,25)19-6-3-15-8-17(9-16(15)10-19)20(23)21-18-4-5-18/h3,6,9-10,13-14,18H,4-5,7-8,11-12H2,1-2H3,(H,21,23). The van der Waals surface area contributed by atoms with Gasteiger partial charge in [0.15, 0.2) is 0 Å². The molecule has 2 fully saturated rings. The summed E-state index contributed by atoms with van der Waals surface area (Å²) in [4.78, 5) is 12.6. The second-order valence-corrected chi connectivity index (χ2v) is 10.2. The molecule has 1 N–H and O–H groups in total. The molecule has 1 aromatic carbocycles. The van der Waals surface area contributed by atoms with Crippen LogP contribution >= 0.6 is 0 Å². The normalized spacial score (nSPS) is 26.3. The van der Waals surface area contributed by atoms with Gasteiger partial charge in [-0.15, -0.1) is 0 Å². The van der Waals surface area contributed by atoms with Crippen LogP contribution in [0.15, 0.2) is 28.7 Å². The summed E-state index contributed by atoms with van der Waals surface area (Å²) in [5.74, 6) is 0.730. The van der Waals surface area contributed by atoms with E-state index < -0.39 is 10.0 Å². The number of rotatable bonds is 4. The highest BCUT2D eigenvalue weighted by Gasteiger charge is 2.32. The molecule has 5 nitrogen and oxygen atoms in total. The Kier molecular flexibility index (Phi) is 4.43. The fourth-order valence-corrected chi connectivity index (χ4v) is 5.79. The smallest absolute Gasteiger partial charge is 0.247 e. The van der Waals surface area contributed by atoms with Crippen LogP contribution in [-0.4, -0.2) is 37.8 Å². The molecule has 0 bridgehead atoms. The fraction of sp³-hybridized carbons (Fsp3) is 0.550. The SMILES string of the molecule is CC1CC(C)CN(S(=O)(=O)c2ccc3c(c2)C=C(C(=O)NC2CC2)C3)C1. The molecule has 1 aromatic rings. The first kappa shape index (κ1) is 17.7. The fourth-order valence-electron chi connectivity index (χ4n) is 4.08. The highest BCUT2D eigenvalue weighted by molar-refractivity contribution is 7.89. The Balaban J connectivity index is 1.57. The summed E-state index contributed by atoms with van der Waals surface area (Å²) in [5.41, 5.74) is 2.59. The van der Waals surface area contributed by atoms with E-state index in [0.717, 1.165) is 36.0 Å². The van der Waals surface area contributed by atoms with Gasteiger partial charge < -0.3 is 5.32 Å². The van der Waals surface area contributed by atoms with Crippen LogP contribution in [0.25, 0.3) is 6.08 Å². The molecule has 2 unspecified atom stereocenters. The highest BCUT2D eigenvalue weighted by Crippen LogP contribution is 2.31. The Morgan fingerprint density at radius 1 is 1.15 bits per heavy atom. The summed E-state index contributed by atoms with van der Waals surface area (Å²) in [7, 11) is -3.49. The molecule has 1 amide bonds. The van der Waals surface area contributed by atoms with Crippen LogP contribution in [0.1, 0.15) is 44.2 Å². The molecule has 1 heterocycles. The molecule has 1 saturated carbocycles. The second-order valence-electron chi connectivity index (χ2n) is 8.22. The van der Waals surface area contributed by atoms with Gasteiger partial charge in [-0.05, 0) is 60.4 Å². The van der Waals surface area contributed by atoms with Gasteiger partial charge in [0.2, 0.25) is 15.9 Å². The van der Waals surface area contributed by atoms with Crippen LogP contribution in [0.5, 0.6) is 0 Å². The number of amides is 1. The molecule has 0 radical (unpaired) electrons. The van der Waals surface area contributed by atoms with Gasteiger partial charge in [-0.2, -0.15) is 4.31 Å². The number of fused-ring (bicyclic) bond motifs is 1. The van der Waals surface area contributed by atoms with Crippen molar-refractivity contribution in [2.24, 2.45) is 11.8 Å². The van der Waals surface area contributed by atoms with Crippen LogP contribution in [-0.2, 0) is 21.2 Å². The largest absolute Gasteiger partial charge is 0.350 e. The van der Waals surface area contributed by atoms with Crippen molar-refractivity contribution in [3.8, 4) is 0 Å². The number of hydrogen-bond donors (Lipinski definition) is 1. The van der Waals surface area contributed by atoms with Gasteiger partial charge in [-0.1, -0.05) is 19.9 Å². The molecule has 26 heavy (non-hydrogen) atoms. The molecular weight excluding hydrogens is 348 g/mol. The van der Waals surface area contributed by atoms with Crippen LogP contribution in [0.4, 0.5) is 0 Å². The maximum absolute atomic E-state index is 13.1. The molecule has 3 aliphatic rings. The summed E-state index contributed by atoms with van der Waals surface area (Å²) in [6, 6.07) is 5.60. The maximum atomic E-state index is 13.1. The Morgan fingerprint density at radius 3 is 2.50 bits per heavy atom. The summed E-state index contributed by atoms with van der Waals surface area (Å²) >= 11 is 0. The molecule has 2 aliphatic carbocycles. The van der Waals surface area contributed by atoms with Crippen molar-refractivity contribution in [2.75, 3.05) is 13.1 Å². The van der Waals surface area contributed by atoms with Gasteiger partial charge in [0.1, 0.15) is 0 Å². The highest BCUT2D eigenvalue weighted by atomic mass is 32.2. The first-order valence-electron chi connectivity index (χ1n) is 9.47. The van der Waals surface area contributed by atoms with Gasteiger partial charge in [0.25, 0.3) is 0 Å². The third kappa shape index (κ3) is 3.45. The first-order valence-corrected chi connectivity index (χ1v) is 10.9. The van der Waals surface area contributed by atoms with Gasteiger partial charge >= 0.3 is 0 Å². The number of benzene rings is 1. The Bertz CT molecular complexity index is 861. The minimum atomic E-state index is -3.49. The molecule has 140 valence electrons. The minimum absolute atomic E-state index is 0.0215. The van der Waals surface area contributed by atoms with E-state index in [2.05, 4.69) is 19.2 Å². The lowest BCUT2D eigenvalue weighted by Crippen LogP contribution is -2.42. The van der Waals surface area contributed by atoms with E-state index in [9.17, 15) is 13.2 Å². The number of nitrogens with zero attached hydrogens (tertiary/aromatic N) is 1. The predicted octanol–water partition coefficient (Wildman–Crippen LogP) is 2.57. The summed E-state index contributed by atoms with van der Waals surface area (Å²) in [6.07, 6.45) is 5.60. The second kappa shape index (κ2) is 6.50.